The second-order valence-electron chi connectivity index (χ2n) is 4.67. The summed E-state index contributed by atoms with van der Waals surface area (Å²) in [5, 5.41) is 8.96. The number of hydrogen-bond donors (Lipinski definition) is 1. The molecule has 8 heteroatoms. The quantitative estimate of drug-likeness (QED) is 0.841. The third-order valence-corrected chi connectivity index (χ3v) is 4.88. The average molecular weight is 285 g/mol. The molecular formula is C11H15N3O4S. The summed E-state index contributed by atoms with van der Waals surface area (Å²) < 4.78 is 22.9. The standard InChI is InChI=1S/C11H15N3O4S/c1-7-5-9(10(15)16)13-11(12-7)14(2)8-3-4-19(17,18)6-8/h5,8H,3-4,6H2,1-2H3,(H,15,16). The first-order valence-corrected chi connectivity index (χ1v) is 7.63. The van der Waals surface area contributed by atoms with Gasteiger partial charge in [-0.15, -0.1) is 0 Å². The molecule has 1 aliphatic rings. The minimum atomic E-state index is -3.00. The van der Waals surface area contributed by atoms with Gasteiger partial charge in [-0.25, -0.2) is 23.2 Å². The van der Waals surface area contributed by atoms with Crippen molar-refractivity contribution in [3.05, 3.63) is 17.5 Å². The van der Waals surface area contributed by atoms with Gasteiger partial charge in [0.1, 0.15) is 0 Å². The number of sulfone groups is 1. The molecule has 104 valence electrons. The second kappa shape index (κ2) is 4.76. The summed E-state index contributed by atoms with van der Waals surface area (Å²) in [6.07, 6.45) is 0.512. The normalized spacial score (nSPS) is 21.3. The smallest absolute Gasteiger partial charge is 0.354 e. The number of carboxylic acid groups (broad SMARTS) is 1. The lowest BCUT2D eigenvalue weighted by atomic mass is 10.2. The first kappa shape index (κ1) is 13.7. The average Bonchev–Trinajstić information content (AvgIpc) is 2.68. The van der Waals surface area contributed by atoms with Crippen molar-refractivity contribution in [3.8, 4) is 0 Å². The zero-order valence-electron chi connectivity index (χ0n) is 10.7. The number of rotatable bonds is 3. The van der Waals surface area contributed by atoms with E-state index in [2.05, 4.69) is 9.97 Å². The minimum absolute atomic E-state index is 0.0587. The lowest BCUT2D eigenvalue weighted by Gasteiger charge is -2.23. The van der Waals surface area contributed by atoms with Crippen LogP contribution in [0, 0.1) is 6.92 Å². The van der Waals surface area contributed by atoms with Gasteiger partial charge in [-0.2, -0.15) is 0 Å². The highest BCUT2D eigenvalue weighted by Crippen LogP contribution is 2.20. The first-order valence-electron chi connectivity index (χ1n) is 5.81. The van der Waals surface area contributed by atoms with Crippen molar-refractivity contribution in [2.75, 3.05) is 23.5 Å². The Hall–Kier alpha value is -1.70. The lowest BCUT2D eigenvalue weighted by molar-refractivity contribution is 0.0690. The van der Waals surface area contributed by atoms with E-state index in [1.54, 1.807) is 18.9 Å². The fourth-order valence-corrected chi connectivity index (χ4v) is 3.84. The maximum Gasteiger partial charge on any atom is 0.354 e. The van der Waals surface area contributed by atoms with Gasteiger partial charge in [-0.1, -0.05) is 0 Å². The van der Waals surface area contributed by atoms with Crippen LogP contribution in [0.25, 0.3) is 0 Å². The molecule has 0 aliphatic carbocycles. The van der Waals surface area contributed by atoms with E-state index in [-0.39, 0.29) is 29.2 Å². The van der Waals surface area contributed by atoms with Crippen LogP contribution in [0.4, 0.5) is 5.95 Å². The van der Waals surface area contributed by atoms with E-state index in [0.717, 1.165) is 0 Å². The second-order valence-corrected chi connectivity index (χ2v) is 6.90. The molecule has 1 aromatic heterocycles. The van der Waals surface area contributed by atoms with Crippen molar-refractivity contribution < 1.29 is 18.3 Å². The van der Waals surface area contributed by atoms with Crippen LogP contribution in [-0.4, -0.2) is 54.1 Å². The third-order valence-electron chi connectivity index (χ3n) is 3.13. The van der Waals surface area contributed by atoms with Crippen molar-refractivity contribution in [2.45, 2.75) is 19.4 Å². The first-order chi connectivity index (χ1) is 8.78. The molecule has 0 radical (unpaired) electrons. The van der Waals surface area contributed by atoms with E-state index in [4.69, 9.17) is 5.11 Å². The van der Waals surface area contributed by atoms with Crippen molar-refractivity contribution >= 4 is 21.8 Å². The Kier molecular flexibility index (Phi) is 3.44. The monoisotopic (exact) mass is 285 g/mol. The molecule has 0 spiro atoms. The summed E-state index contributed by atoms with van der Waals surface area (Å²) in [4.78, 5) is 20.7. The molecule has 7 nitrogen and oxygen atoms in total. The van der Waals surface area contributed by atoms with Gasteiger partial charge in [0, 0.05) is 18.8 Å². The molecule has 1 aromatic rings. The predicted octanol–water partition coefficient (Wildman–Crippen LogP) is 0.107. The van der Waals surface area contributed by atoms with Crippen LogP contribution < -0.4 is 4.90 Å². The van der Waals surface area contributed by atoms with Gasteiger partial charge >= 0.3 is 5.97 Å². The van der Waals surface area contributed by atoms with Crippen LogP contribution in [0.5, 0.6) is 0 Å². The number of aromatic carboxylic acids is 1. The van der Waals surface area contributed by atoms with Crippen LogP contribution in [0.3, 0.4) is 0 Å². The Bertz CT molecular complexity index is 614. The third kappa shape index (κ3) is 3.01. The maximum atomic E-state index is 11.5. The number of aromatic nitrogens is 2. The molecular weight excluding hydrogens is 270 g/mol. The largest absolute Gasteiger partial charge is 0.477 e. The summed E-state index contributed by atoms with van der Waals surface area (Å²) in [6, 6.07) is 1.18. The lowest BCUT2D eigenvalue weighted by Crippen LogP contribution is -2.34. The molecule has 2 rings (SSSR count). The molecule has 2 heterocycles. The van der Waals surface area contributed by atoms with E-state index >= 15 is 0 Å². The van der Waals surface area contributed by atoms with E-state index < -0.39 is 15.8 Å². The molecule has 0 aromatic carbocycles. The molecule has 0 saturated carbocycles. The highest BCUT2D eigenvalue weighted by atomic mass is 32.2. The van der Waals surface area contributed by atoms with Gasteiger partial charge < -0.3 is 10.0 Å². The van der Waals surface area contributed by atoms with Gasteiger partial charge in [0.15, 0.2) is 15.5 Å². The van der Waals surface area contributed by atoms with Crippen molar-refractivity contribution in [1.82, 2.24) is 9.97 Å². The highest BCUT2D eigenvalue weighted by Gasteiger charge is 2.32. The van der Waals surface area contributed by atoms with Gasteiger partial charge in [0.25, 0.3) is 0 Å². The van der Waals surface area contributed by atoms with Gasteiger partial charge in [-0.3, -0.25) is 0 Å². The molecule has 0 bridgehead atoms. The number of carboxylic acids is 1. The number of anilines is 1. The Morgan fingerprint density at radius 3 is 2.68 bits per heavy atom. The number of nitrogens with zero attached hydrogens (tertiary/aromatic N) is 3. The summed E-state index contributed by atoms with van der Waals surface area (Å²) in [6.45, 7) is 1.68. The molecule has 19 heavy (non-hydrogen) atoms. The number of carbonyl (C=O) groups is 1. The Labute approximate surface area is 111 Å². The van der Waals surface area contributed by atoms with Crippen molar-refractivity contribution in [1.29, 1.82) is 0 Å². The fraction of sp³-hybridized carbons (Fsp3) is 0.545. The van der Waals surface area contributed by atoms with Crippen LogP contribution in [-0.2, 0) is 9.84 Å². The predicted molar refractivity (Wildman–Crippen MR) is 69.2 cm³/mol. The topological polar surface area (TPSA) is 100 Å². The number of aryl methyl sites for hydroxylation is 1. The summed E-state index contributed by atoms with van der Waals surface area (Å²) in [7, 11) is -1.31. The summed E-state index contributed by atoms with van der Waals surface area (Å²) in [5.41, 5.74) is 0.449. The molecule has 1 aliphatic heterocycles. The van der Waals surface area contributed by atoms with Crippen LogP contribution in [0.1, 0.15) is 22.6 Å². The Morgan fingerprint density at radius 2 is 2.16 bits per heavy atom. The van der Waals surface area contributed by atoms with Crippen LogP contribution in [0.15, 0.2) is 6.07 Å². The fourth-order valence-electron chi connectivity index (χ4n) is 2.06. The summed E-state index contributed by atoms with van der Waals surface area (Å²) in [5.74, 6) is -0.665. The van der Waals surface area contributed by atoms with E-state index in [1.165, 1.54) is 6.07 Å². The minimum Gasteiger partial charge on any atom is -0.477 e. The van der Waals surface area contributed by atoms with E-state index in [0.29, 0.717) is 12.1 Å². The molecule has 1 unspecified atom stereocenters. The highest BCUT2D eigenvalue weighted by molar-refractivity contribution is 7.91. The Morgan fingerprint density at radius 1 is 1.47 bits per heavy atom. The molecule has 1 N–H and O–H groups in total. The van der Waals surface area contributed by atoms with Crippen molar-refractivity contribution in [2.24, 2.45) is 0 Å². The molecule has 0 amide bonds. The van der Waals surface area contributed by atoms with E-state index in [1.807, 2.05) is 0 Å². The van der Waals surface area contributed by atoms with Crippen LogP contribution in [0.2, 0.25) is 0 Å². The summed E-state index contributed by atoms with van der Waals surface area (Å²) >= 11 is 0. The molecule has 1 fully saturated rings. The maximum absolute atomic E-state index is 11.5. The Balaban J connectivity index is 2.29. The van der Waals surface area contributed by atoms with E-state index in [9.17, 15) is 13.2 Å². The zero-order valence-corrected chi connectivity index (χ0v) is 11.5. The SMILES string of the molecule is Cc1cc(C(=O)O)nc(N(C)C2CCS(=O)(=O)C2)n1. The molecule has 1 saturated heterocycles. The van der Waals surface area contributed by atoms with Gasteiger partial charge in [0.05, 0.1) is 11.5 Å². The van der Waals surface area contributed by atoms with Gasteiger partial charge in [-0.05, 0) is 19.4 Å². The number of hydrogen-bond acceptors (Lipinski definition) is 6. The zero-order chi connectivity index (χ0) is 14.2. The van der Waals surface area contributed by atoms with Crippen molar-refractivity contribution in [3.63, 3.8) is 0 Å². The van der Waals surface area contributed by atoms with Gasteiger partial charge in [0.2, 0.25) is 5.95 Å². The molecule has 1 atom stereocenters. The van der Waals surface area contributed by atoms with Crippen LogP contribution >= 0.6 is 0 Å².